The van der Waals surface area contributed by atoms with Crippen molar-refractivity contribution in [1.82, 2.24) is 9.80 Å². The maximum atomic E-state index is 13.3. The van der Waals surface area contributed by atoms with Crippen molar-refractivity contribution in [2.45, 2.75) is 44.6 Å². The van der Waals surface area contributed by atoms with Crippen LogP contribution >= 0.6 is 0 Å². The van der Waals surface area contributed by atoms with Gasteiger partial charge < -0.3 is 14.5 Å². The largest absolute Gasteiger partial charge is 0.445 e. The van der Waals surface area contributed by atoms with E-state index >= 15 is 0 Å². The van der Waals surface area contributed by atoms with E-state index in [0.717, 1.165) is 30.4 Å². The average Bonchev–Trinajstić information content (AvgIpc) is 2.96. The van der Waals surface area contributed by atoms with Crippen LogP contribution in [0.5, 0.6) is 0 Å². The number of sulfonamides is 1. The number of unbranched alkanes of at least 4 members (excludes halogenated alkanes) is 1. The predicted molar refractivity (Wildman–Crippen MR) is 151 cm³/mol. The summed E-state index contributed by atoms with van der Waals surface area (Å²) in [6.45, 7) is 5.45. The van der Waals surface area contributed by atoms with Crippen LogP contribution in [-0.4, -0.2) is 56.4 Å². The molecule has 1 N–H and O–H groups in total. The van der Waals surface area contributed by atoms with Crippen LogP contribution in [-0.2, 0) is 27.8 Å². The third kappa shape index (κ3) is 7.38. The zero-order chi connectivity index (χ0) is 27.8. The minimum atomic E-state index is -3.89. The summed E-state index contributed by atoms with van der Waals surface area (Å²) in [5, 5.41) is 0. The van der Waals surface area contributed by atoms with Gasteiger partial charge in [0.05, 0.1) is 4.90 Å². The van der Waals surface area contributed by atoms with Gasteiger partial charge in [0, 0.05) is 37.4 Å². The van der Waals surface area contributed by atoms with Crippen molar-refractivity contribution >= 4 is 27.7 Å². The lowest BCUT2D eigenvalue weighted by atomic mass is 10.1. The summed E-state index contributed by atoms with van der Waals surface area (Å²) in [6, 6.07) is 21.4. The van der Waals surface area contributed by atoms with Crippen molar-refractivity contribution in [2.24, 2.45) is 0 Å². The minimum Gasteiger partial charge on any atom is -0.445 e. The van der Waals surface area contributed by atoms with Gasteiger partial charge in [0.2, 0.25) is 0 Å². The summed E-state index contributed by atoms with van der Waals surface area (Å²) >= 11 is 0. The molecule has 4 rings (SSSR count). The zero-order valence-electron chi connectivity index (χ0n) is 22.4. The highest BCUT2D eigenvalue weighted by Gasteiger charge is 2.27. The van der Waals surface area contributed by atoms with Gasteiger partial charge in [-0.05, 0) is 60.7 Å². The molecule has 2 amide bonds. The number of hydrogen-bond acceptors (Lipinski definition) is 5. The molecule has 8 nitrogen and oxygen atoms in total. The number of aryl methyl sites for hydroxylation is 2. The lowest BCUT2D eigenvalue weighted by molar-refractivity contribution is 0.0543. The van der Waals surface area contributed by atoms with E-state index in [-0.39, 0.29) is 17.4 Å². The second-order valence-electron chi connectivity index (χ2n) is 9.70. The van der Waals surface area contributed by atoms with E-state index in [0.29, 0.717) is 43.0 Å². The molecule has 0 bridgehead atoms. The van der Waals surface area contributed by atoms with Gasteiger partial charge in [0.1, 0.15) is 6.61 Å². The fourth-order valence-electron chi connectivity index (χ4n) is 4.41. The molecule has 1 fully saturated rings. The molecule has 0 radical (unpaired) electrons. The fourth-order valence-corrected chi connectivity index (χ4v) is 5.49. The Bertz CT molecular complexity index is 1380. The number of amides is 2. The molecule has 1 aliphatic rings. The Morgan fingerprint density at radius 1 is 0.872 bits per heavy atom. The third-order valence-electron chi connectivity index (χ3n) is 6.81. The van der Waals surface area contributed by atoms with E-state index in [1.807, 2.05) is 42.5 Å². The Hall–Kier alpha value is -3.85. The van der Waals surface area contributed by atoms with E-state index in [4.69, 9.17) is 4.74 Å². The smallest absolute Gasteiger partial charge is 0.410 e. The van der Waals surface area contributed by atoms with Crippen LogP contribution in [0, 0.1) is 6.92 Å². The van der Waals surface area contributed by atoms with Crippen LogP contribution in [0.25, 0.3) is 0 Å². The molecule has 0 saturated carbocycles. The molecule has 0 unspecified atom stereocenters. The van der Waals surface area contributed by atoms with Crippen molar-refractivity contribution in [1.29, 1.82) is 0 Å². The van der Waals surface area contributed by atoms with Crippen LogP contribution in [0.3, 0.4) is 0 Å². The second kappa shape index (κ2) is 12.8. The number of nitrogens with zero attached hydrogens (tertiary/aromatic N) is 2. The standard InChI is InChI=1S/C30H35N3O5S/c1-3-4-8-24-12-14-26(15-13-24)31-39(36,37)27-16-11-23(2)28(21-27)29(34)32-17-19-33(20-18-32)30(35)38-22-25-9-6-5-7-10-25/h5-7,9-16,21,31H,3-4,8,17-20,22H2,1-2H3. The first-order chi connectivity index (χ1) is 18.8. The van der Waals surface area contributed by atoms with Gasteiger partial charge in [0.25, 0.3) is 15.9 Å². The summed E-state index contributed by atoms with van der Waals surface area (Å²) in [6.07, 6.45) is 2.72. The zero-order valence-corrected chi connectivity index (χ0v) is 23.2. The molecule has 1 heterocycles. The van der Waals surface area contributed by atoms with E-state index in [1.165, 1.54) is 12.1 Å². The number of rotatable bonds is 9. The highest BCUT2D eigenvalue weighted by molar-refractivity contribution is 7.92. The summed E-state index contributed by atoms with van der Waals surface area (Å²) < 4.78 is 34.2. The summed E-state index contributed by atoms with van der Waals surface area (Å²) in [5.74, 6) is -0.262. The first-order valence-corrected chi connectivity index (χ1v) is 14.7. The van der Waals surface area contributed by atoms with Crippen LogP contribution in [0.15, 0.2) is 77.7 Å². The lowest BCUT2D eigenvalue weighted by Gasteiger charge is -2.34. The van der Waals surface area contributed by atoms with Crippen LogP contribution in [0.1, 0.15) is 46.8 Å². The number of hydrogen-bond donors (Lipinski definition) is 1. The minimum absolute atomic E-state index is 0.0228. The number of benzene rings is 3. The molecular formula is C30H35N3O5S. The number of nitrogens with one attached hydrogen (secondary N) is 1. The summed E-state index contributed by atoms with van der Waals surface area (Å²) in [7, 11) is -3.89. The number of ether oxygens (including phenoxy) is 1. The van der Waals surface area contributed by atoms with Crippen molar-refractivity contribution in [3.63, 3.8) is 0 Å². The second-order valence-corrected chi connectivity index (χ2v) is 11.4. The van der Waals surface area contributed by atoms with Gasteiger partial charge in [0.15, 0.2) is 0 Å². The Balaban J connectivity index is 1.37. The van der Waals surface area contributed by atoms with Gasteiger partial charge in [-0.15, -0.1) is 0 Å². The molecule has 1 aliphatic heterocycles. The molecule has 206 valence electrons. The number of piperazine rings is 1. The summed E-state index contributed by atoms with van der Waals surface area (Å²) in [5.41, 5.74) is 3.55. The van der Waals surface area contributed by atoms with Gasteiger partial charge in [-0.3, -0.25) is 9.52 Å². The molecule has 0 atom stereocenters. The quantitative estimate of drug-likeness (QED) is 0.394. The Labute approximate surface area is 230 Å². The van der Waals surface area contributed by atoms with Crippen LogP contribution in [0.4, 0.5) is 10.5 Å². The van der Waals surface area contributed by atoms with Crippen LogP contribution in [0.2, 0.25) is 0 Å². The van der Waals surface area contributed by atoms with Crippen molar-refractivity contribution in [2.75, 3.05) is 30.9 Å². The molecular weight excluding hydrogens is 514 g/mol. The topological polar surface area (TPSA) is 96.0 Å². The van der Waals surface area contributed by atoms with Gasteiger partial charge >= 0.3 is 6.09 Å². The van der Waals surface area contributed by atoms with Crippen molar-refractivity contribution in [3.05, 3.63) is 95.1 Å². The van der Waals surface area contributed by atoms with Crippen molar-refractivity contribution < 1.29 is 22.7 Å². The van der Waals surface area contributed by atoms with E-state index < -0.39 is 16.1 Å². The highest BCUT2D eigenvalue weighted by atomic mass is 32.2. The van der Waals surface area contributed by atoms with Gasteiger partial charge in [-0.25, -0.2) is 13.2 Å². The molecule has 39 heavy (non-hydrogen) atoms. The first kappa shape index (κ1) is 28.2. The summed E-state index contributed by atoms with van der Waals surface area (Å²) in [4.78, 5) is 29.1. The van der Waals surface area contributed by atoms with Crippen molar-refractivity contribution in [3.8, 4) is 0 Å². The average molecular weight is 550 g/mol. The lowest BCUT2D eigenvalue weighted by Crippen LogP contribution is -2.50. The molecule has 3 aromatic carbocycles. The molecule has 0 aliphatic carbocycles. The molecule has 9 heteroatoms. The van der Waals surface area contributed by atoms with E-state index in [9.17, 15) is 18.0 Å². The number of anilines is 1. The fraction of sp³-hybridized carbons (Fsp3) is 0.333. The Morgan fingerprint density at radius 3 is 2.21 bits per heavy atom. The molecule has 0 aromatic heterocycles. The first-order valence-electron chi connectivity index (χ1n) is 13.2. The highest BCUT2D eigenvalue weighted by Crippen LogP contribution is 2.22. The normalized spacial score (nSPS) is 13.7. The maximum Gasteiger partial charge on any atom is 0.410 e. The third-order valence-corrected chi connectivity index (χ3v) is 8.18. The van der Waals surface area contributed by atoms with Gasteiger partial charge in [-0.1, -0.05) is 61.9 Å². The monoisotopic (exact) mass is 549 g/mol. The predicted octanol–water partition coefficient (Wildman–Crippen LogP) is 5.23. The number of carbonyl (C=O) groups excluding carboxylic acids is 2. The van der Waals surface area contributed by atoms with Gasteiger partial charge in [-0.2, -0.15) is 0 Å². The van der Waals surface area contributed by atoms with E-state index in [2.05, 4.69) is 11.6 Å². The maximum absolute atomic E-state index is 13.3. The van der Waals surface area contributed by atoms with E-state index in [1.54, 1.807) is 34.9 Å². The molecule has 3 aromatic rings. The Morgan fingerprint density at radius 2 is 1.54 bits per heavy atom. The van der Waals surface area contributed by atoms with Crippen LogP contribution < -0.4 is 4.72 Å². The molecule has 0 spiro atoms. The number of carbonyl (C=O) groups is 2. The SMILES string of the molecule is CCCCc1ccc(NS(=O)(=O)c2ccc(C)c(C(=O)N3CCN(C(=O)OCc4ccccc4)CC3)c2)cc1. The molecule has 1 saturated heterocycles. The Kier molecular flexibility index (Phi) is 9.24.